The molecular weight excluding hydrogens is 298 g/mol. The van der Waals surface area contributed by atoms with Gasteiger partial charge in [-0.1, -0.05) is 12.1 Å². The van der Waals surface area contributed by atoms with Crippen LogP contribution in [0.3, 0.4) is 0 Å². The molecule has 120 valence electrons. The SMILES string of the molecule is O=C(NCC1COc2ccccc2O1)c1cc2n(n1)CCCO2. The van der Waals surface area contributed by atoms with Gasteiger partial charge in [0.15, 0.2) is 17.2 Å². The normalized spacial score (nSPS) is 18.7. The molecule has 0 bridgehead atoms. The van der Waals surface area contributed by atoms with Gasteiger partial charge < -0.3 is 19.5 Å². The quantitative estimate of drug-likeness (QED) is 0.922. The molecule has 1 aromatic carbocycles. The molecule has 4 rings (SSSR count). The van der Waals surface area contributed by atoms with E-state index in [1.54, 1.807) is 10.7 Å². The molecule has 1 aromatic heterocycles. The van der Waals surface area contributed by atoms with E-state index >= 15 is 0 Å². The third-order valence-corrected chi connectivity index (χ3v) is 3.80. The van der Waals surface area contributed by atoms with Crippen molar-refractivity contribution >= 4 is 5.91 Å². The van der Waals surface area contributed by atoms with Crippen molar-refractivity contribution in [3.05, 3.63) is 36.0 Å². The first-order chi connectivity index (χ1) is 11.3. The van der Waals surface area contributed by atoms with Gasteiger partial charge in [-0.3, -0.25) is 4.79 Å². The molecule has 0 saturated carbocycles. The summed E-state index contributed by atoms with van der Waals surface area (Å²) in [4.78, 5) is 12.2. The summed E-state index contributed by atoms with van der Waals surface area (Å²) in [5.74, 6) is 1.84. The molecule has 0 spiro atoms. The molecule has 1 N–H and O–H groups in total. The Labute approximate surface area is 133 Å². The Bertz CT molecular complexity index is 704. The van der Waals surface area contributed by atoms with Gasteiger partial charge in [-0.05, 0) is 12.1 Å². The highest BCUT2D eigenvalue weighted by atomic mass is 16.6. The number of ether oxygens (including phenoxy) is 3. The third-order valence-electron chi connectivity index (χ3n) is 3.80. The summed E-state index contributed by atoms with van der Waals surface area (Å²) in [6.07, 6.45) is 0.685. The average molecular weight is 315 g/mol. The van der Waals surface area contributed by atoms with E-state index in [9.17, 15) is 4.79 Å². The molecule has 7 heteroatoms. The Morgan fingerprint density at radius 2 is 2.17 bits per heavy atom. The topological polar surface area (TPSA) is 74.6 Å². The van der Waals surface area contributed by atoms with Crippen molar-refractivity contribution in [2.24, 2.45) is 0 Å². The summed E-state index contributed by atoms with van der Waals surface area (Å²) >= 11 is 0. The van der Waals surface area contributed by atoms with E-state index in [0.717, 1.165) is 18.7 Å². The van der Waals surface area contributed by atoms with Crippen molar-refractivity contribution in [1.29, 1.82) is 0 Å². The van der Waals surface area contributed by atoms with Gasteiger partial charge in [0.05, 0.1) is 13.2 Å². The summed E-state index contributed by atoms with van der Waals surface area (Å²) in [6.45, 7) is 2.20. The number of carbonyl (C=O) groups excluding carboxylic acids is 1. The fourth-order valence-electron chi connectivity index (χ4n) is 2.64. The number of benzene rings is 1. The molecule has 0 aliphatic carbocycles. The van der Waals surface area contributed by atoms with Crippen LogP contribution in [0.4, 0.5) is 0 Å². The number of hydrogen-bond donors (Lipinski definition) is 1. The molecule has 1 amide bonds. The Kier molecular flexibility index (Phi) is 3.53. The highest BCUT2D eigenvalue weighted by Gasteiger charge is 2.23. The van der Waals surface area contributed by atoms with Crippen molar-refractivity contribution in [3.8, 4) is 17.4 Å². The minimum Gasteiger partial charge on any atom is -0.486 e. The minimum absolute atomic E-state index is 0.220. The van der Waals surface area contributed by atoms with Crippen LogP contribution >= 0.6 is 0 Å². The monoisotopic (exact) mass is 315 g/mol. The standard InChI is InChI=1S/C16H17N3O4/c20-16(12-8-15-19(18-12)6-3-7-21-15)17-9-11-10-22-13-4-1-2-5-14(13)23-11/h1-2,4-5,8,11H,3,6-7,9-10H2,(H,17,20). The maximum Gasteiger partial charge on any atom is 0.272 e. The van der Waals surface area contributed by atoms with E-state index in [-0.39, 0.29) is 12.0 Å². The predicted molar refractivity (Wildman–Crippen MR) is 81.0 cm³/mol. The van der Waals surface area contributed by atoms with Crippen molar-refractivity contribution in [2.75, 3.05) is 19.8 Å². The third kappa shape index (κ3) is 2.81. The lowest BCUT2D eigenvalue weighted by atomic mass is 10.2. The second kappa shape index (κ2) is 5.83. The van der Waals surface area contributed by atoms with Crippen LogP contribution in [-0.4, -0.2) is 41.6 Å². The number of fused-ring (bicyclic) bond motifs is 2. The van der Waals surface area contributed by atoms with E-state index in [0.29, 0.717) is 37.1 Å². The van der Waals surface area contributed by atoms with Crippen molar-refractivity contribution in [1.82, 2.24) is 15.1 Å². The van der Waals surface area contributed by atoms with Crippen molar-refractivity contribution < 1.29 is 19.0 Å². The summed E-state index contributed by atoms with van der Waals surface area (Å²) in [5.41, 5.74) is 0.360. The van der Waals surface area contributed by atoms with E-state index in [2.05, 4.69) is 10.4 Å². The number of nitrogens with one attached hydrogen (secondary N) is 1. The molecule has 7 nitrogen and oxygen atoms in total. The van der Waals surface area contributed by atoms with Crippen LogP contribution < -0.4 is 19.5 Å². The number of nitrogens with zero attached hydrogens (tertiary/aromatic N) is 2. The highest BCUT2D eigenvalue weighted by molar-refractivity contribution is 5.92. The van der Waals surface area contributed by atoms with Crippen LogP contribution in [-0.2, 0) is 6.54 Å². The van der Waals surface area contributed by atoms with E-state index in [1.807, 2.05) is 24.3 Å². The van der Waals surface area contributed by atoms with Gasteiger partial charge in [-0.25, -0.2) is 4.68 Å². The molecule has 1 unspecified atom stereocenters. The van der Waals surface area contributed by atoms with E-state index in [1.165, 1.54) is 0 Å². The first-order valence-electron chi connectivity index (χ1n) is 7.67. The van der Waals surface area contributed by atoms with E-state index in [4.69, 9.17) is 14.2 Å². The number of hydrogen-bond acceptors (Lipinski definition) is 5. The maximum atomic E-state index is 12.2. The Morgan fingerprint density at radius 3 is 3.04 bits per heavy atom. The Morgan fingerprint density at radius 1 is 1.30 bits per heavy atom. The zero-order valence-electron chi connectivity index (χ0n) is 12.5. The van der Waals surface area contributed by atoms with Gasteiger partial charge in [0.1, 0.15) is 12.7 Å². The molecular formula is C16H17N3O4. The van der Waals surface area contributed by atoms with Gasteiger partial charge in [0.25, 0.3) is 5.91 Å². The van der Waals surface area contributed by atoms with Gasteiger partial charge in [0.2, 0.25) is 5.88 Å². The summed E-state index contributed by atoms with van der Waals surface area (Å²) < 4.78 is 18.6. The highest BCUT2D eigenvalue weighted by Crippen LogP contribution is 2.30. The van der Waals surface area contributed by atoms with Crippen molar-refractivity contribution in [2.45, 2.75) is 19.1 Å². The minimum atomic E-state index is -0.238. The van der Waals surface area contributed by atoms with Crippen LogP contribution in [0, 0.1) is 0 Å². The second-order valence-corrected chi connectivity index (χ2v) is 5.50. The lowest BCUT2D eigenvalue weighted by molar-refractivity contribution is 0.0786. The fraction of sp³-hybridized carbons (Fsp3) is 0.375. The molecule has 23 heavy (non-hydrogen) atoms. The van der Waals surface area contributed by atoms with Crippen LogP contribution in [0.2, 0.25) is 0 Å². The lowest BCUT2D eigenvalue weighted by Crippen LogP contribution is -2.40. The fourth-order valence-corrected chi connectivity index (χ4v) is 2.64. The average Bonchev–Trinajstić information content (AvgIpc) is 3.04. The smallest absolute Gasteiger partial charge is 0.272 e. The molecule has 2 aliphatic heterocycles. The number of aromatic nitrogens is 2. The number of carbonyl (C=O) groups is 1. The van der Waals surface area contributed by atoms with Crippen LogP contribution in [0.5, 0.6) is 17.4 Å². The van der Waals surface area contributed by atoms with Gasteiger partial charge in [-0.2, -0.15) is 5.10 Å². The first-order valence-corrected chi connectivity index (χ1v) is 7.67. The zero-order chi connectivity index (χ0) is 15.6. The largest absolute Gasteiger partial charge is 0.486 e. The van der Waals surface area contributed by atoms with Crippen molar-refractivity contribution in [3.63, 3.8) is 0 Å². The maximum absolute atomic E-state index is 12.2. The number of amides is 1. The van der Waals surface area contributed by atoms with Crippen LogP contribution in [0.1, 0.15) is 16.9 Å². The number of rotatable bonds is 3. The second-order valence-electron chi connectivity index (χ2n) is 5.50. The lowest BCUT2D eigenvalue weighted by Gasteiger charge is -2.26. The first kappa shape index (κ1) is 13.9. The molecule has 0 radical (unpaired) electrons. The number of para-hydroxylation sites is 2. The summed E-state index contributed by atoms with van der Waals surface area (Å²) in [5, 5.41) is 7.09. The van der Waals surface area contributed by atoms with Crippen LogP contribution in [0.25, 0.3) is 0 Å². The summed E-state index contributed by atoms with van der Waals surface area (Å²) in [6, 6.07) is 9.16. The predicted octanol–water partition coefficient (Wildman–Crippen LogP) is 1.24. The van der Waals surface area contributed by atoms with E-state index < -0.39 is 0 Å². The molecule has 2 aliphatic rings. The molecule has 1 atom stereocenters. The molecule has 3 heterocycles. The molecule has 0 fully saturated rings. The number of aryl methyl sites for hydroxylation is 1. The molecule has 2 aromatic rings. The molecule has 0 saturated heterocycles. The Hall–Kier alpha value is -2.70. The van der Waals surface area contributed by atoms with Gasteiger partial charge >= 0.3 is 0 Å². The van der Waals surface area contributed by atoms with Gasteiger partial charge in [0, 0.05) is 19.0 Å². The van der Waals surface area contributed by atoms with Gasteiger partial charge in [-0.15, -0.1) is 0 Å². The Balaban J connectivity index is 1.36. The van der Waals surface area contributed by atoms with Crippen LogP contribution in [0.15, 0.2) is 30.3 Å². The zero-order valence-corrected chi connectivity index (χ0v) is 12.5. The summed E-state index contributed by atoms with van der Waals surface area (Å²) in [7, 11) is 0.